The fourth-order valence-electron chi connectivity index (χ4n) is 2.80. The van der Waals surface area contributed by atoms with Crippen molar-refractivity contribution < 1.29 is 5.11 Å². The monoisotopic (exact) mass is 284 g/mol. The van der Waals surface area contributed by atoms with E-state index in [9.17, 15) is 5.11 Å². The number of aryl methyl sites for hydroxylation is 1. The van der Waals surface area contributed by atoms with Gasteiger partial charge in [0.1, 0.15) is 0 Å². The molecule has 2 aromatic rings. The first-order chi connectivity index (χ1) is 10.2. The average molecular weight is 284 g/mol. The molecule has 5 heteroatoms. The number of anilines is 1. The van der Waals surface area contributed by atoms with E-state index in [-0.39, 0.29) is 5.92 Å². The molecule has 1 aliphatic rings. The summed E-state index contributed by atoms with van der Waals surface area (Å²) in [6.45, 7) is 3.73. The largest absolute Gasteiger partial charge is 0.387 e. The van der Waals surface area contributed by atoms with E-state index in [4.69, 9.17) is 0 Å². The molecule has 0 spiro atoms. The molecule has 0 saturated carbocycles. The van der Waals surface area contributed by atoms with Gasteiger partial charge in [-0.05, 0) is 49.9 Å². The first-order valence-electron chi connectivity index (χ1n) is 7.38. The zero-order valence-corrected chi connectivity index (χ0v) is 12.2. The maximum absolute atomic E-state index is 10.4. The highest BCUT2D eigenvalue weighted by atomic mass is 16.3. The van der Waals surface area contributed by atoms with Gasteiger partial charge in [-0.2, -0.15) is 5.10 Å². The van der Waals surface area contributed by atoms with Crippen LogP contribution < -0.4 is 4.90 Å². The molecule has 0 aromatic carbocycles. The molecule has 1 unspecified atom stereocenters. The Hall–Kier alpha value is -2.01. The van der Waals surface area contributed by atoms with Crippen molar-refractivity contribution in [1.82, 2.24) is 15.2 Å². The van der Waals surface area contributed by atoms with E-state index in [1.807, 2.05) is 37.3 Å². The normalized spacial score (nSPS) is 17.7. The van der Waals surface area contributed by atoms with Crippen LogP contribution in [0.5, 0.6) is 0 Å². The first kappa shape index (κ1) is 13.9. The van der Waals surface area contributed by atoms with E-state index in [1.165, 1.54) is 0 Å². The zero-order chi connectivity index (χ0) is 14.7. The SMILES string of the molecule is Cc1ccc(N2CCC(C(O)c3ccccn3)CC2)nn1. The smallest absolute Gasteiger partial charge is 0.151 e. The lowest BCUT2D eigenvalue weighted by Crippen LogP contribution is -2.36. The predicted octanol–water partition coefficient (Wildman–Crippen LogP) is 2.13. The Morgan fingerprint density at radius 2 is 1.95 bits per heavy atom. The van der Waals surface area contributed by atoms with Crippen LogP contribution in [0.4, 0.5) is 5.82 Å². The van der Waals surface area contributed by atoms with Crippen LogP contribution in [0, 0.1) is 12.8 Å². The third-order valence-corrected chi connectivity index (χ3v) is 4.08. The number of nitrogens with zero attached hydrogens (tertiary/aromatic N) is 4. The lowest BCUT2D eigenvalue weighted by molar-refractivity contribution is 0.0890. The van der Waals surface area contributed by atoms with Crippen LogP contribution >= 0.6 is 0 Å². The van der Waals surface area contributed by atoms with Crippen molar-refractivity contribution in [2.45, 2.75) is 25.9 Å². The fourth-order valence-corrected chi connectivity index (χ4v) is 2.80. The number of hydrogen-bond donors (Lipinski definition) is 1. The van der Waals surface area contributed by atoms with Gasteiger partial charge in [0.15, 0.2) is 5.82 Å². The van der Waals surface area contributed by atoms with Gasteiger partial charge in [0.25, 0.3) is 0 Å². The highest BCUT2D eigenvalue weighted by Crippen LogP contribution is 2.30. The summed E-state index contributed by atoms with van der Waals surface area (Å²) in [6.07, 6.45) is 3.13. The second-order valence-corrected chi connectivity index (χ2v) is 5.56. The Balaban J connectivity index is 1.61. The molecule has 0 aliphatic carbocycles. The Morgan fingerprint density at radius 3 is 2.57 bits per heavy atom. The van der Waals surface area contributed by atoms with Gasteiger partial charge in [-0.1, -0.05) is 6.07 Å². The minimum Gasteiger partial charge on any atom is -0.387 e. The van der Waals surface area contributed by atoms with Crippen molar-refractivity contribution >= 4 is 5.82 Å². The molecule has 0 bridgehead atoms. The molecule has 0 radical (unpaired) electrons. The van der Waals surface area contributed by atoms with Crippen LogP contribution in [-0.2, 0) is 0 Å². The summed E-state index contributed by atoms with van der Waals surface area (Å²) in [6, 6.07) is 9.68. The molecular formula is C16H20N4O. The van der Waals surface area contributed by atoms with Crippen LogP contribution in [-0.4, -0.2) is 33.4 Å². The molecule has 2 aromatic heterocycles. The molecule has 21 heavy (non-hydrogen) atoms. The van der Waals surface area contributed by atoms with Crippen molar-refractivity contribution in [2.75, 3.05) is 18.0 Å². The molecule has 3 rings (SSSR count). The van der Waals surface area contributed by atoms with Crippen LogP contribution in [0.1, 0.15) is 30.3 Å². The quantitative estimate of drug-likeness (QED) is 0.935. The van der Waals surface area contributed by atoms with E-state index in [1.54, 1.807) is 6.20 Å². The highest BCUT2D eigenvalue weighted by Gasteiger charge is 2.27. The number of piperidine rings is 1. The zero-order valence-electron chi connectivity index (χ0n) is 12.2. The summed E-state index contributed by atoms with van der Waals surface area (Å²) >= 11 is 0. The second-order valence-electron chi connectivity index (χ2n) is 5.56. The molecule has 1 atom stereocenters. The van der Waals surface area contributed by atoms with Gasteiger partial charge in [-0.3, -0.25) is 4.98 Å². The Kier molecular flexibility index (Phi) is 4.10. The van der Waals surface area contributed by atoms with Crippen LogP contribution in [0.25, 0.3) is 0 Å². The predicted molar refractivity (Wildman–Crippen MR) is 80.9 cm³/mol. The lowest BCUT2D eigenvalue weighted by atomic mass is 9.89. The van der Waals surface area contributed by atoms with E-state index in [0.717, 1.165) is 43.1 Å². The lowest BCUT2D eigenvalue weighted by Gasteiger charge is -2.34. The summed E-state index contributed by atoms with van der Waals surface area (Å²) in [5.74, 6) is 1.18. The first-order valence-corrected chi connectivity index (χ1v) is 7.38. The summed E-state index contributed by atoms with van der Waals surface area (Å²) in [4.78, 5) is 6.49. The Morgan fingerprint density at radius 1 is 1.14 bits per heavy atom. The average Bonchev–Trinajstić information content (AvgIpc) is 2.56. The van der Waals surface area contributed by atoms with E-state index < -0.39 is 6.10 Å². The van der Waals surface area contributed by atoms with Crippen molar-refractivity contribution in [2.24, 2.45) is 5.92 Å². The third kappa shape index (κ3) is 3.19. The summed E-state index contributed by atoms with van der Waals surface area (Å²) in [5.41, 5.74) is 1.70. The van der Waals surface area contributed by atoms with Crippen LogP contribution in [0.3, 0.4) is 0 Å². The van der Waals surface area contributed by atoms with Gasteiger partial charge in [0.05, 0.1) is 17.5 Å². The molecule has 3 heterocycles. The van der Waals surface area contributed by atoms with Gasteiger partial charge in [0.2, 0.25) is 0 Å². The number of aliphatic hydroxyl groups is 1. The number of pyridine rings is 1. The van der Waals surface area contributed by atoms with Crippen LogP contribution in [0.15, 0.2) is 36.5 Å². The maximum Gasteiger partial charge on any atom is 0.151 e. The van der Waals surface area contributed by atoms with Crippen LogP contribution in [0.2, 0.25) is 0 Å². The molecule has 0 amide bonds. The molecular weight excluding hydrogens is 264 g/mol. The number of hydrogen-bond acceptors (Lipinski definition) is 5. The van der Waals surface area contributed by atoms with Gasteiger partial charge >= 0.3 is 0 Å². The minimum absolute atomic E-state index is 0.259. The third-order valence-electron chi connectivity index (χ3n) is 4.08. The van der Waals surface area contributed by atoms with Gasteiger partial charge in [-0.25, -0.2) is 0 Å². The number of rotatable bonds is 3. The summed E-state index contributed by atoms with van der Waals surface area (Å²) < 4.78 is 0. The standard InChI is InChI=1S/C16H20N4O/c1-12-5-6-15(19-18-12)20-10-7-13(8-11-20)16(21)14-4-2-3-9-17-14/h2-6,9,13,16,21H,7-8,10-11H2,1H3. The summed E-state index contributed by atoms with van der Waals surface area (Å²) in [5, 5.41) is 18.8. The van der Waals surface area contributed by atoms with Crippen molar-refractivity contribution in [3.8, 4) is 0 Å². The second kappa shape index (κ2) is 6.18. The molecule has 1 saturated heterocycles. The van der Waals surface area contributed by atoms with Crippen molar-refractivity contribution in [3.05, 3.63) is 47.9 Å². The number of aliphatic hydroxyl groups excluding tert-OH is 1. The molecule has 1 N–H and O–H groups in total. The Bertz CT molecular complexity index is 565. The van der Waals surface area contributed by atoms with Crippen molar-refractivity contribution in [3.63, 3.8) is 0 Å². The summed E-state index contributed by atoms with van der Waals surface area (Å²) in [7, 11) is 0. The van der Waals surface area contributed by atoms with Crippen molar-refractivity contribution in [1.29, 1.82) is 0 Å². The molecule has 1 fully saturated rings. The molecule has 5 nitrogen and oxygen atoms in total. The Labute approximate surface area is 124 Å². The fraction of sp³-hybridized carbons (Fsp3) is 0.438. The van der Waals surface area contributed by atoms with Gasteiger partial charge in [-0.15, -0.1) is 5.10 Å². The molecule has 110 valence electrons. The maximum atomic E-state index is 10.4. The van der Waals surface area contributed by atoms with Gasteiger partial charge < -0.3 is 10.0 Å². The van der Waals surface area contributed by atoms with E-state index in [0.29, 0.717) is 0 Å². The number of aromatic nitrogens is 3. The highest BCUT2D eigenvalue weighted by molar-refractivity contribution is 5.37. The topological polar surface area (TPSA) is 62.1 Å². The van der Waals surface area contributed by atoms with Gasteiger partial charge in [0, 0.05) is 19.3 Å². The van der Waals surface area contributed by atoms with E-state index in [2.05, 4.69) is 20.1 Å². The minimum atomic E-state index is -0.475. The molecule has 1 aliphatic heterocycles. The van der Waals surface area contributed by atoms with E-state index >= 15 is 0 Å².